The number of hydrogen-bond donors (Lipinski definition) is 2. The van der Waals surface area contributed by atoms with Crippen LogP contribution in [0.1, 0.15) is 32.3 Å². The average Bonchev–Trinajstić information content (AvgIpc) is 2.95. The number of aromatic nitrogens is 2. The number of halogens is 2. The number of rotatable bonds is 4. The zero-order valence-corrected chi connectivity index (χ0v) is 13.5. The maximum Gasteiger partial charge on any atom is 0.320 e. The summed E-state index contributed by atoms with van der Waals surface area (Å²) >= 11 is 0. The summed E-state index contributed by atoms with van der Waals surface area (Å²) < 4.78 is 33.3. The van der Waals surface area contributed by atoms with E-state index in [9.17, 15) is 13.6 Å². The summed E-state index contributed by atoms with van der Waals surface area (Å²) in [6, 6.07) is 5.51. The average molecular weight is 338 g/mol. The van der Waals surface area contributed by atoms with Crippen LogP contribution in [0.3, 0.4) is 0 Å². The zero-order valence-electron chi connectivity index (χ0n) is 13.5. The number of carbonyl (C=O) groups excluding carboxylic acids is 1. The Morgan fingerprint density at radius 2 is 2.21 bits per heavy atom. The highest BCUT2D eigenvalue weighted by molar-refractivity contribution is 5.83. The lowest BCUT2D eigenvalue weighted by Crippen LogP contribution is -2.55. The quantitative estimate of drug-likeness (QED) is 0.895. The van der Waals surface area contributed by atoms with Gasteiger partial charge in [-0.15, -0.1) is 0 Å². The Morgan fingerprint density at radius 1 is 1.46 bits per heavy atom. The third kappa shape index (κ3) is 3.11. The molecular formula is C16H20F2N4O2. The van der Waals surface area contributed by atoms with Crippen LogP contribution in [-0.2, 0) is 9.53 Å². The van der Waals surface area contributed by atoms with E-state index in [1.165, 1.54) is 0 Å². The van der Waals surface area contributed by atoms with Gasteiger partial charge in [0.25, 0.3) is 0 Å². The summed E-state index contributed by atoms with van der Waals surface area (Å²) in [7, 11) is 0. The van der Waals surface area contributed by atoms with E-state index in [-0.39, 0.29) is 17.8 Å². The van der Waals surface area contributed by atoms with Crippen molar-refractivity contribution >= 4 is 16.9 Å². The predicted octanol–water partition coefficient (Wildman–Crippen LogP) is 1.99. The van der Waals surface area contributed by atoms with Gasteiger partial charge in [0.2, 0.25) is 5.91 Å². The fourth-order valence-corrected chi connectivity index (χ4v) is 2.97. The number of amides is 1. The predicted molar refractivity (Wildman–Crippen MR) is 84.7 cm³/mol. The van der Waals surface area contributed by atoms with Crippen molar-refractivity contribution in [1.82, 2.24) is 20.2 Å². The van der Waals surface area contributed by atoms with Gasteiger partial charge in [-0.25, -0.2) is 4.98 Å². The molecule has 24 heavy (non-hydrogen) atoms. The molecule has 8 heteroatoms. The number of para-hydroxylation sites is 2. The van der Waals surface area contributed by atoms with Crippen LogP contribution in [0, 0.1) is 0 Å². The van der Waals surface area contributed by atoms with Gasteiger partial charge in [0.05, 0.1) is 29.8 Å². The van der Waals surface area contributed by atoms with Crippen LogP contribution >= 0.6 is 0 Å². The molecule has 0 spiro atoms. The van der Waals surface area contributed by atoms with Gasteiger partial charge in [0, 0.05) is 6.54 Å². The van der Waals surface area contributed by atoms with Crippen LogP contribution in [0.15, 0.2) is 24.3 Å². The van der Waals surface area contributed by atoms with E-state index >= 15 is 0 Å². The first kappa shape index (κ1) is 16.8. The van der Waals surface area contributed by atoms with E-state index in [1.807, 2.05) is 0 Å². The molecule has 6 nitrogen and oxygen atoms in total. The maximum absolute atomic E-state index is 13.5. The minimum Gasteiger partial charge on any atom is -0.375 e. The molecule has 3 atom stereocenters. The van der Waals surface area contributed by atoms with Crippen LogP contribution in [0.4, 0.5) is 8.78 Å². The second-order valence-electron chi connectivity index (χ2n) is 5.84. The highest BCUT2D eigenvalue weighted by Gasteiger charge is 2.30. The van der Waals surface area contributed by atoms with Crippen LogP contribution in [-0.4, -0.2) is 40.8 Å². The molecule has 130 valence electrons. The van der Waals surface area contributed by atoms with Gasteiger partial charge in [0.1, 0.15) is 11.9 Å². The fourth-order valence-electron chi connectivity index (χ4n) is 2.97. The summed E-state index contributed by atoms with van der Waals surface area (Å²) in [5, 5.41) is 5.83. The fraction of sp³-hybridized carbons (Fsp3) is 0.500. The molecule has 1 unspecified atom stereocenters. The van der Waals surface area contributed by atoms with Crippen molar-refractivity contribution in [3.8, 4) is 0 Å². The molecule has 2 N–H and O–H groups in total. The Balaban J connectivity index is 1.84. The van der Waals surface area contributed by atoms with Crippen molar-refractivity contribution in [1.29, 1.82) is 0 Å². The smallest absolute Gasteiger partial charge is 0.320 e. The number of fused-ring (bicyclic) bond motifs is 1. The summed E-state index contributed by atoms with van der Waals surface area (Å²) in [5.74, 6) is -0.161. The molecule has 3 rings (SSSR count). The van der Waals surface area contributed by atoms with Gasteiger partial charge < -0.3 is 15.4 Å². The van der Waals surface area contributed by atoms with Gasteiger partial charge in [-0.1, -0.05) is 12.1 Å². The standard InChI is InChI=1S/C16H20F2N4O2/c1-9(20-15(23)13-10(2)24-8-7-19-13)14-21-11-5-3-4-6-12(11)22(14)16(17)18/h3-6,9-10,13,16,19H,7-8H2,1-2H3,(H,20,23)/t9?,10-,13+/m1/s1. The van der Waals surface area contributed by atoms with Crippen molar-refractivity contribution < 1.29 is 18.3 Å². The molecule has 1 fully saturated rings. The highest BCUT2D eigenvalue weighted by atomic mass is 19.3. The molecule has 1 aromatic heterocycles. The number of hydrogen-bond acceptors (Lipinski definition) is 4. The Bertz CT molecular complexity index is 734. The van der Waals surface area contributed by atoms with Crippen molar-refractivity contribution in [2.75, 3.05) is 13.2 Å². The number of alkyl halides is 2. The molecule has 1 saturated heterocycles. The van der Waals surface area contributed by atoms with E-state index in [0.717, 1.165) is 4.57 Å². The van der Waals surface area contributed by atoms with E-state index in [1.54, 1.807) is 38.1 Å². The first-order valence-corrected chi connectivity index (χ1v) is 7.89. The molecular weight excluding hydrogens is 318 g/mol. The summed E-state index contributed by atoms with van der Waals surface area (Å²) in [5.41, 5.74) is 0.817. The summed E-state index contributed by atoms with van der Waals surface area (Å²) in [6.07, 6.45) is -0.278. The van der Waals surface area contributed by atoms with Crippen LogP contribution in [0.25, 0.3) is 11.0 Å². The summed E-state index contributed by atoms with van der Waals surface area (Å²) in [4.78, 5) is 16.7. The maximum atomic E-state index is 13.5. The monoisotopic (exact) mass is 338 g/mol. The topological polar surface area (TPSA) is 68.2 Å². The van der Waals surface area contributed by atoms with E-state index in [2.05, 4.69) is 15.6 Å². The van der Waals surface area contributed by atoms with Gasteiger partial charge >= 0.3 is 6.55 Å². The molecule has 1 aliphatic heterocycles. The lowest BCUT2D eigenvalue weighted by atomic mass is 10.1. The number of nitrogens with zero attached hydrogens (tertiary/aromatic N) is 2. The molecule has 1 aliphatic rings. The lowest BCUT2D eigenvalue weighted by molar-refractivity contribution is -0.129. The van der Waals surface area contributed by atoms with Crippen LogP contribution < -0.4 is 10.6 Å². The zero-order chi connectivity index (χ0) is 17.3. The van der Waals surface area contributed by atoms with Crippen LogP contribution in [0.2, 0.25) is 0 Å². The number of benzene rings is 1. The third-order valence-corrected chi connectivity index (χ3v) is 4.16. The Labute approximate surface area is 138 Å². The van der Waals surface area contributed by atoms with Gasteiger partial charge in [-0.05, 0) is 26.0 Å². The van der Waals surface area contributed by atoms with E-state index in [0.29, 0.717) is 24.2 Å². The molecule has 1 amide bonds. The van der Waals surface area contributed by atoms with Crippen LogP contribution in [0.5, 0.6) is 0 Å². The third-order valence-electron chi connectivity index (χ3n) is 4.16. The van der Waals surface area contributed by atoms with Gasteiger partial charge in [-0.3, -0.25) is 9.36 Å². The molecule has 0 aliphatic carbocycles. The minimum atomic E-state index is -2.73. The highest BCUT2D eigenvalue weighted by Crippen LogP contribution is 2.26. The Hall–Kier alpha value is -2.06. The first-order valence-electron chi connectivity index (χ1n) is 7.89. The van der Waals surface area contributed by atoms with E-state index < -0.39 is 18.6 Å². The largest absolute Gasteiger partial charge is 0.375 e. The molecule has 2 aromatic rings. The number of carbonyl (C=O) groups is 1. The van der Waals surface area contributed by atoms with Gasteiger partial charge in [-0.2, -0.15) is 8.78 Å². The van der Waals surface area contributed by atoms with Crippen molar-refractivity contribution in [3.05, 3.63) is 30.1 Å². The summed E-state index contributed by atoms with van der Waals surface area (Å²) in [6.45, 7) is 1.83. The first-order chi connectivity index (χ1) is 11.5. The normalized spacial score (nSPS) is 22.7. The lowest BCUT2D eigenvalue weighted by Gasteiger charge is -2.30. The minimum absolute atomic E-state index is 0.129. The SMILES string of the molecule is CC(NC(=O)[C@H]1NCCO[C@@H]1C)c1nc2ccccc2n1C(F)F. The van der Waals surface area contributed by atoms with Crippen molar-refractivity contribution in [2.24, 2.45) is 0 Å². The second-order valence-corrected chi connectivity index (χ2v) is 5.84. The Kier molecular flexibility index (Phi) is 4.77. The number of ether oxygens (including phenoxy) is 1. The molecule has 0 saturated carbocycles. The number of nitrogens with one attached hydrogen (secondary N) is 2. The Morgan fingerprint density at radius 3 is 2.92 bits per heavy atom. The number of morpholine rings is 1. The molecule has 1 aromatic carbocycles. The molecule has 0 radical (unpaired) electrons. The van der Waals surface area contributed by atoms with Crippen molar-refractivity contribution in [3.63, 3.8) is 0 Å². The number of imidazole rings is 1. The van der Waals surface area contributed by atoms with E-state index in [4.69, 9.17) is 4.74 Å². The molecule has 2 heterocycles. The molecule has 0 bridgehead atoms. The van der Waals surface area contributed by atoms with Gasteiger partial charge in [0.15, 0.2) is 0 Å². The van der Waals surface area contributed by atoms with Crippen molar-refractivity contribution in [2.45, 2.75) is 38.6 Å². The second kappa shape index (κ2) is 6.82.